The van der Waals surface area contributed by atoms with Crippen molar-refractivity contribution in [1.29, 1.82) is 0 Å². The zero-order valence-corrected chi connectivity index (χ0v) is 46.1. The van der Waals surface area contributed by atoms with Gasteiger partial charge in [0.05, 0.1) is 19.8 Å². The summed E-state index contributed by atoms with van der Waals surface area (Å²) in [5, 5.41) is 9.80. The second-order valence-corrected chi connectivity index (χ2v) is 20.9. The first kappa shape index (κ1) is 67.7. The minimum absolute atomic E-state index is 0.167. The molecule has 0 radical (unpaired) electrons. The molecule has 3 unspecified atom stereocenters. The minimum atomic E-state index is -4.74. The molecule has 0 saturated heterocycles. The van der Waals surface area contributed by atoms with Crippen LogP contribution >= 0.6 is 7.82 Å². The third-order valence-electron chi connectivity index (χ3n) is 12.6. The Morgan fingerprint density at radius 2 is 0.743 bits per heavy atom. The number of phosphoric acid groups is 1. The van der Waals surface area contributed by atoms with E-state index < -0.39 is 57.8 Å². The molecule has 0 aliphatic rings. The molecule has 70 heavy (non-hydrogen) atoms. The average Bonchev–Trinajstić information content (AvgIpc) is 3.35. The van der Waals surface area contributed by atoms with Gasteiger partial charge in [0.1, 0.15) is 12.7 Å². The van der Waals surface area contributed by atoms with Crippen LogP contribution in [0.15, 0.2) is 36.5 Å². The van der Waals surface area contributed by atoms with Gasteiger partial charge < -0.3 is 24.2 Å². The zero-order chi connectivity index (χ0) is 51.3. The van der Waals surface area contributed by atoms with E-state index in [-0.39, 0.29) is 25.9 Å². The summed E-state index contributed by atoms with van der Waals surface area (Å²) in [4.78, 5) is 48.5. The fourth-order valence-corrected chi connectivity index (χ4v) is 8.98. The Bertz CT molecular complexity index is 1320. The quantitative estimate of drug-likeness (QED) is 0.0197. The predicted octanol–water partition coefficient (Wildman–Crippen LogP) is 16.8. The van der Waals surface area contributed by atoms with Crippen LogP contribution in [0.25, 0.3) is 0 Å². The zero-order valence-electron chi connectivity index (χ0n) is 45.2. The van der Waals surface area contributed by atoms with Crippen molar-refractivity contribution in [2.45, 2.75) is 290 Å². The molecule has 0 aromatic heterocycles. The summed E-state index contributed by atoms with van der Waals surface area (Å²) in [7, 11) is -4.74. The maximum atomic E-state index is 12.9. The third kappa shape index (κ3) is 50.6. The van der Waals surface area contributed by atoms with Crippen LogP contribution in [0.5, 0.6) is 0 Å². The van der Waals surface area contributed by atoms with Crippen LogP contribution in [0.4, 0.5) is 0 Å². The molecule has 0 bridgehead atoms. The topological polar surface area (TPSA) is 155 Å². The van der Waals surface area contributed by atoms with Gasteiger partial charge in [0.2, 0.25) is 0 Å². The summed E-state index contributed by atoms with van der Waals surface area (Å²) in [6, 6.07) is 0. The average molecular weight is 1010 g/mol. The van der Waals surface area contributed by atoms with Gasteiger partial charge in [0, 0.05) is 19.3 Å². The van der Waals surface area contributed by atoms with E-state index >= 15 is 0 Å². The van der Waals surface area contributed by atoms with Crippen molar-refractivity contribution in [3.05, 3.63) is 36.5 Å². The molecule has 0 aromatic rings. The molecule has 0 aromatic carbocycles. The molecule has 0 amide bonds. The summed E-state index contributed by atoms with van der Waals surface area (Å²) in [6.07, 6.45) is 53.9. The van der Waals surface area contributed by atoms with Crippen molar-refractivity contribution >= 4 is 25.7 Å². The lowest BCUT2D eigenvalue weighted by Gasteiger charge is -2.21. The summed E-state index contributed by atoms with van der Waals surface area (Å²) in [5.74, 6) is -1.48. The van der Waals surface area contributed by atoms with Gasteiger partial charge in [0.25, 0.3) is 0 Å². The SMILES string of the molecule is CC/C=C\C/C=C\C/C=C\CCCCCC(=O)OCC(COP(=O)(O)OCC(CO)OC(=O)CCCCCCCCCCCCCCC)OC(=O)CCCCCCCCCCCCCCCCCCC. The van der Waals surface area contributed by atoms with Gasteiger partial charge in [-0.3, -0.25) is 23.4 Å². The number of esters is 3. The van der Waals surface area contributed by atoms with Crippen molar-refractivity contribution in [3.63, 3.8) is 0 Å². The van der Waals surface area contributed by atoms with Gasteiger partial charge in [-0.1, -0.05) is 243 Å². The standard InChI is InChI=1S/C58H107O11P/c1-4-7-10-13-16-19-22-25-26-27-28-31-34-37-40-43-46-49-58(62)69-55(51-65-56(60)47-44-41-38-35-32-29-23-20-17-14-11-8-5-2)53-67-70(63,64)66-52-54(50-59)68-57(61)48-45-42-39-36-33-30-24-21-18-15-12-9-6-3/h8,11,17,20,29,32,54-55,59H,4-7,9-10,12-16,18-19,21-28,30-31,33-53H2,1-3H3,(H,63,64)/b11-8-,20-17-,32-29-. The summed E-state index contributed by atoms with van der Waals surface area (Å²) in [5.41, 5.74) is 0. The van der Waals surface area contributed by atoms with Crippen LogP contribution in [0.1, 0.15) is 278 Å². The molecule has 410 valence electrons. The Morgan fingerprint density at radius 3 is 1.14 bits per heavy atom. The fourth-order valence-electron chi connectivity index (χ4n) is 8.20. The van der Waals surface area contributed by atoms with E-state index in [4.69, 9.17) is 23.3 Å². The molecule has 12 heteroatoms. The summed E-state index contributed by atoms with van der Waals surface area (Å²) >= 11 is 0. The van der Waals surface area contributed by atoms with Gasteiger partial charge in [-0.25, -0.2) is 4.57 Å². The lowest BCUT2D eigenvalue weighted by atomic mass is 10.0. The van der Waals surface area contributed by atoms with E-state index in [1.54, 1.807) is 0 Å². The monoisotopic (exact) mass is 1010 g/mol. The number of phosphoric ester groups is 1. The Hall–Kier alpha value is -2.30. The van der Waals surface area contributed by atoms with Crippen LogP contribution in [0.3, 0.4) is 0 Å². The lowest BCUT2D eigenvalue weighted by Crippen LogP contribution is -2.30. The van der Waals surface area contributed by atoms with Gasteiger partial charge >= 0.3 is 25.7 Å². The summed E-state index contributed by atoms with van der Waals surface area (Å²) in [6.45, 7) is 4.54. The van der Waals surface area contributed by atoms with Crippen molar-refractivity contribution in [2.75, 3.05) is 26.4 Å². The number of aliphatic hydroxyl groups excluding tert-OH is 1. The molecule has 11 nitrogen and oxygen atoms in total. The van der Waals surface area contributed by atoms with E-state index in [2.05, 4.69) is 57.2 Å². The van der Waals surface area contributed by atoms with Crippen molar-refractivity contribution in [3.8, 4) is 0 Å². The highest BCUT2D eigenvalue weighted by Crippen LogP contribution is 2.43. The molecule has 2 N–H and O–H groups in total. The van der Waals surface area contributed by atoms with E-state index in [0.717, 1.165) is 77.0 Å². The highest BCUT2D eigenvalue weighted by atomic mass is 31.2. The Labute approximate surface area is 429 Å². The largest absolute Gasteiger partial charge is 0.472 e. The molecule has 0 aliphatic carbocycles. The smallest absolute Gasteiger partial charge is 0.462 e. The number of hydrogen-bond acceptors (Lipinski definition) is 10. The second-order valence-electron chi connectivity index (χ2n) is 19.4. The molecular weight excluding hydrogens is 904 g/mol. The van der Waals surface area contributed by atoms with Crippen LogP contribution in [0, 0.1) is 0 Å². The van der Waals surface area contributed by atoms with Crippen LogP contribution in [-0.2, 0) is 42.2 Å². The first-order chi connectivity index (χ1) is 34.2. The van der Waals surface area contributed by atoms with E-state index in [0.29, 0.717) is 19.3 Å². The third-order valence-corrected chi connectivity index (χ3v) is 13.5. The second kappa shape index (κ2) is 53.0. The van der Waals surface area contributed by atoms with Crippen LogP contribution in [0.2, 0.25) is 0 Å². The maximum Gasteiger partial charge on any atom is 0.472 e. The number of hydrogen-bond donors (Lipinski definition) is 2. The Kier molecular flexibility index (Phi) is 51.3. The summed E-state index contributed by atoms with van der Waals surface area (Å²) < 4.78 is 39.5. The highest BCUT2D eigenvalue weighted by Gasteiger charge is 2.28. The Morgan fingerprint density at radius 1 is 0.414 bits per heavy atom. The number of allylic oxidation sites excluding steroid dienone is 6. The first-order valence-electron chi connectivity index (χ1n) is 28.9. The Balaban J connectivity index is 4.70. The van der Waals surface area contributed by atoms with Gasteiger partial charge in [0.15, 0.2) is 6.10 Å². The number of rotatable bonds is 54. The number of unbranched alkanes of at least 4 members (excludes halogenated alkanes) is 31. The van der Waals surface area contributed by atoms with E-state index in [1.807, 2.05) is 0 Å². The highest BCUT2D eigenvalue weighted by molar-refractivity contribution is 7.47. The lowest BCUT2D eigenvalue weighted by molar-refractivity contribution is -0.161. The number of aliphatic hydroxyl groups is 1. The molecule has 0 saturated carbocycles. The van der Waals surface area contributed by atoms with Crippen molar-refractivity contribution < 1.29 is 52.2 Å². The molecular formula is C58H107O11P. The molecule has 0 aliphatic heterocycles. The molecule has 0 heterocycles. The molecule has 3 atom stereocenters. The van der Waals surface area contributed by atoms with Gasteiger partial charge in [-0.05, 0) is 51.4 Å². The molecule has 0 rings (SSSR count). The van der Waals surface area contributed by atoms with Crippen molar-refractivity contribution in [2.24, 2.45) is 0 Å². The molecule has 0 fully saturated rings. The minimum Gasteiger partial charge on any atom is -0.462 e. The number of ether oxygens (including phenoxy) is 3. The van der Waals surface area contributed by atoms with Gasteiger partial charge in [-0.15, -0.1) is 0 Å². The first-order valence-corrected chi connectivity index (χ1v) is 30.4. The van der Waals surface area contributed by atoms with Gasteiger partial charge in [-0.2, -0.15) is 0 Å². The van der Waals surface area contributed by atoms with Crippen LogP contribution in [-0.4, -0.2) is 66.5 Å². The number of carbonyl (C=O) groups excluding carboxylic acids is 3. The fraction of sp³-hybridized carbons (Fsp3) is 0.845. The van der Waals surface area contributed by atoms with Crippen LogP contribution < -0.4 is 0 Å². The van der Waals surface area contributed by atoms with E-state index in [9.17, 15) is 28.9 Å². The van der Waals surface area contributed by atoms with E-state index in [1.165, 1.54) is 141 Å². The predicted molar refractivity (Wildman–Crippen MR) is 289 cm³/mol. The maximum absolute atomic E-state index is 12.9. The number of carbonyl (C=O) groups is 3. The van der Waals surface area contributed by atoms with Crippen molar-refractivity contribution in [1.82, 2.24) is 0 Å². The molecule has 0 spiro atoms. The normalized spacial score (nSPS) is 13.6.